The first-order valence-electron chi connectivity index (χ1n) is 6.39. The third-order valence-corrected chi connectivity index (χ3v) is 3.12. The Morgan fingerprint density at radius 3 is 2.70 bits per heavy atom. The van der Waals surface area contributed by atoms with E-state index in [0.29, 0.717) is 0 Å². The number of hydrogen-bond acceptors (Lipinski definition) is 5. The highest BCUT2D eigenvalue weighted by atomic mass is 35.5. The minimum atomic E-state index is -0.976. The summed E-state index contributed by atoms with van der Waals surface area (Å²) < 4.78 is 0. The van der Waals surface area contributed by atoms with Crippen molar-refractivity contribution in [1.82, 2.24) is 10.3 Å². The molecule has 0 fully saturated rings. The third-order valence-electron chi connectivity index (χ3n) is 2.79. The highest BCUT2D eigenvalue weighted by molar-refractivity contribution is 6.41. The van der Waals surface area contributed by atoms with Crippen LogP contribution in [-0.2, 0) is 16.1 Å². The smallest absolute Gasteiger partial charge is 0.313 e. The number of aromatic nitrogens is 1. The Bertz CT molecular complexity index is 752. The van der Waals surface area contributed by atoms with E-state index in [-0.39, 0.29) is 22.9 Å². The summed E-state index contributed by atoms with van der Waals surface area (Å²) >= 11 is 5.85. The fourth-order valence-electron chi connectivity index (χ4n) is 1.67. The normalized spacial score (nSPS) is 9.96. The van der Waals surface area contributed by atoms with Gasteiger partial charge in [-0.3, -0.25) is 24.7 Å². The summed E-state index contributed by atoms with van der Waals surface area (Å²) in [5, 5.41) is 15.4. The molecular formula is C14H11ClN4O4. The number of amides is 2. The molecule has 0 unspecified atom stereocenters. The SMILES string of the molecule is O=C(NCc1cccnc1)C(=O)Nc1cc([N+](=O)[O-])ccc1Cl. The molecule has 1 aromatic heterocycles. The number of nitro groups is 1. The number of nitro benzene ring substituents is 1. The van der Waals surface area contributed by atoms with Crippen LogP contribution in [0.25, 0.3) is 0 Å². The van der Waals surface area contributed by atoms with Crippen LogP contribution in [0.1, 0.15) is 5.56 Å². The molecule has 0 atom stereocenters. The van der Waals surface area contributed by atoms with Gasteiger partial charge in [0.2, 0.25) is 0 Å². The number of anilines is 1. The third kappa shape index (κ3) is 4.48. The van der Waals surface area contributed by atoms with Crippen LogP contribution >= 0.6 is 11.6 Å². The molecule has 23 heavy (non-hydrogen) atoms. The zero-order valence-electron chi connectivity index (χ0n) is 11.7. The molecule has 118 valence electrons. The summed E-state index contributed by atoms with van der Waals surface area (Å²) in [5.41, 5.74) is 0.463. The van der Waals surface area contributed by atoms with E-state index in [0.717, 1.165) is 11.6 Å². The van der Waals surface area contributed by atoms with Crippen molar-refractivity contribution >= 4 is 34.8 Å². The van der Waals surface area contributed by atoms with E-state index in [2.05, 4.69) is 15.6 Å². The Kier molecular flexibility index (Phi) is 5.21. The molecule has 9 heteroatoms. The maximum atomic E-state index is 11.8. The molecule has 0 aliphatic rings. The Morgan fingerprint density at radius 1 is 1.26 bits per heavy atom. The lowest BCUT2D eigenvalue weighted by Crippen LogP contribution is -2.35. The van der Waals surface area contributed by atoms with Crippen molar-refractivity contribution in [2.24, 2.45) is 0 Å². The van der Waals surface area contributed by atoms with Gasteiger partial charge in [-0.15, -0.1) is 0 Å². The lowest BCUT2D eigenvalue weighted by molar-refractivity contribution is -0.384. The quantitative estimate of drug-likeness (QED) is 0.503. The summed E-state index contributed by atoms with van der Waals surface area (Å²) in [7, 11) is 0. The molecular weight excluding hydrogens is 324 g/mol. The lowest BCUT2D eigenvalue weighted by atomic mass is 10.2. The van der Waals surface area contributed by atoms with Gasteiger partial charge >= 0.3 is 11.8 Å². The number of nitrogens with zero attached hydrogens (tertiary/aromatic N) is 2. The van der Waals surface area contributed by atoms with E-state index in [1.165, 1.54) is 12.1 Å². The van der Waals surface area contributed by atoms with Crippen molar-refractivity contribution < 1.29 is 14.5 Å². The van der Waals surface area contributed by atoms with Crippen LogP contribution in [0.4, 0.5) is 11.4 Å². The molecule has 0 saturated carbocycles. The molecule has 0 spiro atoms. The number of non-ortho nitro benzene ring substituents is 1. The number of hydrogen-bond donors (Lipinski definition) is 2. The van der Waals surface area contributed by atoms with Gasteiger partial charge in [0.1, 0.15) is 0 Å². The van der Waals surface area contributed by atoms with Crippen LogP contribution in [0.2, 0.25) is 5.02 Å². The minimum absolute atomic E-state index is 0.0117. The van der Waals surface area contributed by atoms with Gasteiger partial charge in [-0.05, 0) is 17.7 Å². The fourth-order valence-corrected chi connectivity index (χ4v) is 1.83. The second kappa shape index (κ2) is 7.32. The van der Waals surface area contributed by atoms with Crippen LogP contribution in [0.3, 0.4) is 0 Å². The molecule has 2 aromatic rings. The zero-order chi connectivity index (χ0) is 16.8. The largest absolute Gasteiger partial charge is 0.344 e. The number of carbonyl (C=O) groups is 2. The van der Waals surface area contributed by atoms with Gasteiger partial charge in [0, 0.05) is 31.1 Å². The van der Waals surface area contributed by atoms with E-state index < -0.39 is 16.7 Å². The molecule has 2 N–H and O–H groups in total. The van der Waals surface area contributed by atoms with E-state index in [1.54, 1.807) is 24.5 Å². The Hall–Kier alpha value is -3.00. The van der Waals surface area contributed by atoms with Crippen LogP contribution in [-0.4, -0.2) is 21.7 Å². The molecule has 1 aromatic carbocycles. The molecule has 0 radical (unpaired) electrons. The van der Waals surface area contributed by atoms with Gasteiger partial charge in [-0.25, -0.2) is 0 Å². The molecule has 0 aliphatic heterocycles. The first-order chi connectivity index (χ1) is 11.0. The summed E-state index contributed by atoms with van der Waals surface area (Å²) in [6, 6.07) is 6.98. The number of halogens is 1. The van der Waals surface area contributed by atoms with E-state index in [1.807, 2.05) is 0 Å². The van der Waals surface area contributed by atoms with E-state index >= 15 is 0 Å². The molecule has 2 amide bonds. The van der Waals surface area contributed by atoms with Crippen LogP contribution in [0.15, 0.2) is 42.7 Å². The van der Waals surface area contributed by atoms with Gasteiger partial charge in [0.15, 0.2) is 0 Å². The maximum Gasteiger partial charge on any atom is 0.313 e. The summed E-state index contributed by atoms with van der Waals surface area (Å²) in [5.74, 6) is -1.87. The number of rotatable bonds is 4. The van der Waals surface area contributed by atoms with Gasteiger partial charge in [0.05, 0.1) is 15.6 Å². The first-order valence-corrected chi connectivity index (χ1v) is 6.77. The van der Waals surface area contributed by atoms with Gasteiger partial charge in [-0.2, -0.15) is 0 Å². The summed E-state index contributed by atoms with van der Waals surface area (Å²) in [6.45, 7) is 0.128. The maximum absolute atomic E-state index is 11.8. The van der Waals surface area contributed by atoms with Crippen molar-refractivity contribution in [3.63, 3.8) is 0 Å². The molecule has 0 aliphatic carbocycles. The van der Waals surface area contributed by atoms with Gasteiger partial charge < -0.3 is 10.6 Å². The number of benzene rings is 1. The fraction of sp³-hybridized carbons (Fsp3) is 0.0714. The topological polar surface area (TPSA) is 114 Å². The highest BCUT2D eigenvalue weighted by Crippen LogP contribution is 2.26. The number of pyridine rings is 1. The van der Waals surface area contributed by atoms with Gasteiger partial charge in [-0.1, -0.05) is 17.7 Å². The summed E-state index contributed by atoms with van der Waals surface area (Å²) in [4.78, 5) is 37.5. The van der Waals surface area contributed by atoms with Crippen molar-refractivity contribution in [3.05, 3.63) is 63.4 Å². The van der Waals surface area contributed by atoms with Crippen molar-refractivity contribution in [1.29, 1.82) is 0 Å². The van der Waals surface area contributed by atoms with Crippen molar-refractivity contribution in [3.8, 4) is 0 Å². The van der Waals surface area contributed by atoms with Crippen LogP contribution in [0.5, 0.6) is 0 Å². The zero-order valence-corrected chi connectivity index (χ0v) is 12.4. The lowest BCUT2D eigenvalue weighted by Gasteiger charge is -2.07. The van der Waals surface area contributed by atoms with Gasteiger partial charge in [0.25, 0.3) is 5.69 Å². The first kappa shape index (κ1) is 16.4. The van der Waals surface area contributed by atoms with E-state index in [9.17, 15) is 19.7 Å². The molecule has 2 rings (SSSR count). The minimum Gasteiger partial charge on any atom is -0.344 e. The average Bonchev–Trinajstić information content (AvgIpc) is 2.55. The molecule has 1 heterocycles. The van der Waals surface area contributed by atoms with Crippen LogP contribution in [0, 0.1) is 10.1 Å². The monoisotopic (exact) mass is 334 g/mol. The second-order valence-corrected chi connectivity index (χ2v) is 4.83. The molecule has 0 bridgehead atoms. The van der Waals surface area contributed by atoms with E-state index in [4.69, 9.17) is 11.6 Å². The second-order valence-electron chi connectivity index (χ2n) is 4.42. The molecule has 0 saturated heterocycles. The van der Waals surface area contributed by atoms with Crippen molar-refractivity contribution in [2.45, 2.75) is 6.54 Å². The predicted octanol–water partition coefficient (Wildman–Crippen LogP) is 1.90. The Morgan fingerprint density at radius 2 is 2.04 bits per heavy atom. The Labute approximate surface area is 135 Å². The van der Waals surface area contributed by atoms with Crippen molar-refractivity contribution in [2.75, 3.05) is 5.32 Å². The predicted molar refractivity (Wildman–Crippen MR) is 82.8 cm³/mol. The average molecular weight is 335 g/mol. The number of carbonyl (C=O) groups excluding carboxylic acids is 2. The molecule has 8 nitrogen and oxygen atoms in total. The summed E-state index contributed by atoms with van der Waals surface area (Å²) in [6.07, 6.45) is 3.14. The Balaban J connectivity index is 1.99. The highest BCUT2D eigenvalue weighted by Gasteiger charge is 2.17. The van der Waals surface area contributed by atoms with Crippen LogP contribution < -0.4 is 10.6 Å². The number of nitrogens with one attached hydrogen (secondary N) is 2. The standard InChI is InChI=1S/C14H11ClN4O4/c15-11-4-3-10(19(22)23)6-12(11)18-14(21)13(20)17-8-9-2-1-5-16-7-9/h1-7H,8H2,(H,17,20)(H,18,21).